The van der Waals surface area contributed by atoms with Crippen LogP contribution in [0, 0.1) is 5.92 Å². The molecule has 0 saturated carbocycles. The van der Waals surface area contributed by atoms with Gasteiger partial charge in [0.25, 0.3) is 0 Å². The van der Waals surface area contributed by atoms with E-state index in [0.29, 0.717) is 12.0 Å². The molecule has 2 atom stereocenters. The maximum atomic E-state index is 6.38. The van der Waals surface area contributed by atoms with Crippen LogP contribution in [0.4, 0.5) is 0 Å². The average molecular weight is 250 g/mol. The summed E-state index contributed by atoms with van der Waals surface area (Å²) in [6.07, 6.45) is 6.25. The molecule has 4 nitrogen and oxygen atoms in total. The van der Waals surface area contributed by atoms with E-state index in [4.69, 9.17) is 5.73 Å². The minimum Gasteiger partial charge on any atom is -0.333 e. The molecule has 102 valence electrons. The molecule has 2 N–H and O–H groups in total. The van der Waals surface area contributed by atoms with Crippen molar-refractivity contribution in [1.82, 2.24) is 14.5 Å². The van der Waals surface area contributed by atoms with Gasteiger partial charge in [0.15, 0.2) is 0 Å². The van der Waals surface area contributed by atoms with E-state index in [9.17, 15) is 0 Å². The zero-order valence-electron chi connectivity index (χ0n) is 11.8. The second kappa shape index (κ2) is 5.85. The molecule has 2 heterocycles. The predicted octanol–water partition coefficient (Wildman–Crippen LogP) is 2.02. The Balaban J connectivity index is 2.24. The van der Waals surface area contributed by atoms with Crippen LogP contribution in [0.2, 0.25) is 0 Å². The van der Waals surface area contributed by atoms with Gasteiger partial charge in [-0.15, -0.1) is 0 Å². The summed E-state index contributed by atoms with van der Waals surface area (Å²) in [6, 6.07) is 0.572. The fraction of sp³-hybridized carbons (Fsp3) is 0.786. The molecule has 2 unspecified atom stereocenters. The maximum absolute atomic E-state index is 6.38. The van der Waals surface area contributed by atoms with Crippen molar-refractivity contribution in [2.24, 2.45) is 11.7 Å². The molecular formula is C14H26N4. The van der Waals surface area contributed by atoms with Crippen molar-refractivity contribution in [2.75, 3.05) is 13.1 Å². The van der Waals surface area contributed by atoms with Gasteiger partial charge >= 0.3 is 0 Å². The summed E-state index contributed by atoms with van der Waals surface area (Å²) in [6.45, 7) is 9.95. The number of nitrogens with two attached hydrogens (primary N) is 1. The number of rotatable bonds is 4. The van der Waals surface area contributed by atoms with Gasteiger partial charge in [0.2, 0.25) is 0 Å². The maximum Gasteiger partial charge on any atom is 0.0948 e. The minimum atomic E-state index is 0.236. The number of likely N-dealkylation sites (tertiary alicyclic amines) is 1. The van der Waals surface area contributed by atoms with Crippen LogP contribution in [0.3, 0.4) is 0 Å². The molecule has 1 aromatic heterocycles. The van der Waals surface area contributed by atoms with Crippen LogP contribution >= 0.6 is 0 Å². The standard InChI is InChI=1S/C14H26N4/c1-4-17-10-16-8-13(17)14-12(15)6-5-7-18(14)9-11(2)3/h8,10-12,14H,4-7,9,15H2,1-3H3. The molecule has 0 bridgehead atoms. The zero-order chi connectivity index (χ0) is 13.1. The lowest BCUT2D eigenvalue weighted by atomic mass is 9.93. The van der Waals surface area contributed by atoms with Crippen LogP contribution in [0.5, 0.6) is 0 Å². The van der Waals surface area contributed by atoms with Crippen LogP contribution in [0.25, 0.3) is 0 Å². The van der Waals surface area contributed by atoms with Gasteiger partial charge in [-0.05, 0) is 32.2 Å². The second-order valence-electron chi connectivity index (χ2n) is 5.74. The monoisotopic (exact) mass is 250 g/mol. The van der Waals surface area contributed by atoms with Crippen molar-refractivity contribution in [3.05, 3.63) is 18.2 Å². The van der Waals surface area contributed by atoms with Crippen LogP contribution in [-0.4, -0.2) is 33.6 Å². The Morgan fingerprint density at radius 1 is 1.50 bits per heavy atom. The first kappa shape index (κ1) is 13.6. The Morgan fingerprint density at radius 3 is 2.94 bits per heavy atom. The summed E-state index contributed by atoms with van der Waals surface area (Å²) < 4.78 is 2.23. The number of hydrogen-bond donors (Lipinski definition) is 1. The molecule has 1 saturated heterocycles. The average Bonchev–Trinajstić information content (AvgIpc) is 2.76. The summed E-state index contributed by atoms with van der Waals surface area (Å²) in [5, 5.41) is 0. The molecule has 0 radical (unpaired) electrons. The van der Waals surface area contributed by atoms with E-state index in [0.717, 1.165) is 26.1 Å². The number of piperidine rings is 1. The van der Waals surface area contributed by atoms with Crippen molar-refractivity contribution >= 4 is 0 Å². The quantitative estimate of drug-likeness (QED) is 0.889. The smallest absolute Gasteiger partial charge is 0.0948 e. The normalized spacial score (nSPS) is 25.8. The SMILES string of the molecule is CCn1cncc1C1C(N)CCCN1CC(C)C. The third-order valence-corrected chi connectivity index (χ3v) is 3.77. The van der Waals surface area contributed by atoms with E-state index in [2.05, 4.69) is 35.2 Å². The summed E-state index contributed by atoms with van der Waals surface area (Å²) in [4.78, 5) is 6.84. The van der Waals surface area contributed by atoms with Crippen molar-refractivity contribution in [3.8, 4) is 0 Å². The Hall–Kier alpha value is -0.870. The molecule has 1 aliphatic rings. The van der Waals surface area contributed by atoms with Crippen molar-refractivity contribution < 1.29 is 0 Å². The van der Waals surface area contributed by atoms with Crippen LogP contribution in [0.1, 0.15) is 45.3 Å². The fourth-order valence-electron chi connectivity index (χ4n) is 3.02. The number of aryl methyl sites for hydroxylation is 1. The highest BCUT2D eigenvalue weighted by Gasteiger charge is 2.32. The molecule has 0 aromatic carbocycles. The van der Waals surface area contributed by atoms with E-state index in [1.807, 2.05) is 12.5 Å². The predicted molar refractivity (Wildman–Crippen MR) is 74.3 cm³/mol. The molecular weight excluding hydrogens is 224 g/mol. The van der Waals surface area contributed by atoms with Gasteiger partial charge in [-0.1, -0.05) is 13.8 Å². The number of hydrogen-bond acceptors (Lipinski definition) is 3. The van der Waals surface area contributed by atoms with Gasteiger partial charge in [-0.2, -0.15) is 0 Å². The molecule has 1 aromatic rings. The first-order valence-corrected chi connectivity index (χ1v) is 7.13. The van der Waals surface area contributed by atoms with Gasteiger partial charge in [-0.25, -0.2) is 4.98 Å². The lowest BCUT2D eigenvalue weighted by Gasteiger charge is -2.40. The lowest BCUT2D eigenvalue weighted by Crippen LogP contribution is -2.47. The molecule has 0 spiro atoms. The van der Waals surface area contributed by atoms with Gasteiger partial charge in [0.1, 0.15) is 0 Å². The highest BCUT2D eigenvalue weighted by atomic mass is 15.2. The van der Waals surface area contributed by atoms with E-state index >= 15 is 0 Å². The van der Waals surface area contributed by atoms with Crippen LogP contribution in [0.15, 0.2) is 12.5 Å². The third-order valence-electron chi connectivity index (χ3n) is 3.77. The molecule has 0 amide bonds. The van der Waals surface area contributed by atoms with Crippen molar-refractivity contribution in [2.45, 2.75) is 52.2 Å². The Bertz CT molecular complexity index is 372. The number of aromatic nitrogens is 2. The lowest BCUT2D eigenvalue weighted by molar-refractivity contribution is 0.108. The van der Waals surface area contributed by atoms with E-state index < -0.39 is 0 Å². The highest BCUT2D eigenvalue weighted by Crippen LogP contribution is 2.30. The van der Waals surface area contributed by atoms with E-state index in [1.165, 1.54) is 12.1 Å². The third kappa shape index (κ3) is 2.75. The molecule has 0 aliphatic carbocycles. The number of imidazole rings is 1. The summed E-state index contributed by atoms with van der Waals surface area (Å²) in [5.74, 6) is 0.677. The summed E-state index contributed by atoms with van der Waals surface area (Å²) in [7, 11) is 0. The highest BCUT2D eigenvalue weighted by molar-refractivity contribution is 5.10. The van der Waals surface area contributed by atoms with E-state index in [-0.39, 0.29) is 6.04 Å². The largest absolute Gasteiger partial charge is 0.333 e. The zero-order valence-corrected chi connectivity index (χ0v) is 11.8. The molecule has 1 fully saturated rings. The summed E-state index contributed by atoms with van der Waals surface area (Å²) >= 11 is 0. The first-order valence-electron chi connectivity index (χ1n) is 7.13. The van der Waals surface area contributed by atoms with Gasteiger partial charge in [-0.3, -0.25) is 4.90 Å². The minimum absolute atomic E-state index is 0.236. The van der Waals surface area contributed by atoms with Crippen molar-refractivity contribution in [3.63, 3.8) is 0 Å². The molecule has 4 heteroatoms. The summed E-state index contributed by atoms with van der Waals surface area (Å²) in [5.41, 5.74) is 7.66. The Labute approximate surface area is 110 Å². The molecule has 2 rings (SSSR count). The Kier molecular flexibility index (Phi) is 4.40. The topological polar surface area (TPSA) is 47.1 Å². The fourth-order valence-corrected chi connectivity index (χ4v) is 3.02. The van der Waals surface area contributed by atoms with Crippen molar-refractivity contribution in [1.29, 1.82) is 0 Å². The Morgan fingerprint density at radius 2 is 2.28 bits per heavy atom. The van der Waals surface area contributed by atoms with Crippen LogP contribution in [-0.2, 0) is 6.54 Å². The van der Waals surface area contributed by atoms with Gasteiger partial charge < -0.3 is 10.3 Å². The number of nitrogens with zero attached hydrogens (tertiary/aromatic N) is 3. The van der Waals surface area contributed by atoms with E-state index in [1.54, 1.807) is 0 Å². The first-order chi connectivity index (χ1) is 8.63. The molecule has 18 heavy (non-hydrogen) atoms. The van der Waals surface area contributed by atoms with Gasteiger partial charge in [0.05, 0.1) is 18.1 Å². The van der Waals surface area contributed by atoms with Gasteiger partial charge in [0, 0.05) is 25.3 Å². The molecule has 1 aliphatic heterocycles. The second-order valence-corrected chi connectivity index (χ2v) is 5.74. The van der Waals surface area contributed by atoms with Crippen LogP contribution < -0.4 is 5.73 Å².